The molecule has 122 valence electrons. The largest absolute Gasteiger partial charge is 0.420 e. The molecule has 0 aliphatic rings. The van der Waals surface area contributed by atoms with Gasteiger partial charge in [-0.25, -0.2) is 0 Å². The minimum atomic E-state index is -0.0825. The Kier molecular flexibility index (Phi) is 5.32. The lowest BCUT2D eigenvalue weighted by Gasteiger charge is -2.03. The van der Waals surface area contributed by atoms with E-state index in [0.717, 1.165) is 20.6 Å². The van der Waals surface area contributed by atoms with E-state index in [4.69, 9.17) is 4.42 Å². The Hall–Kier alpha value is -2.12. The van der Waals surface area contributed by atoms with Crippen LogP contribution in [0, 0.1) is 0 Å². The number of nitrogens with one attached hydrogen (secondary N) is 1. The number of rotatable bonds is 5. The minimum Gasteiger partial charge on any atom is -0.420 e. The highest BCUT2D eigenvalue weighted by atomic mass is 79.9. The summed E-state index contributed by atoms with van der Waals surface area (Å²) in [7, 11) is 0. The fourth-order valence-electron chi connectivity index (χ4n) is 2.04. The highest BCUT2D eigenvalue weighted by molar-refractivity contribution is 9.10. The molecule has 0 atom stereocenters. The summed E-state index contributed by atoms with van der Waals surface area (Å²) >= 11 is 5.07. The van der Waals surface area contributed by atoms with Crippen molar-refractivity contribution in [2.45, 2.75) is 17.6 Å². The summed E-state index contributed by atoms with van der Waals surface area (Å²) in [6.45, 7) is 1.49. The molecule has 3 rings (SSSR count). The lowest BCUT2D eigenvalue weighted by Crippen LogP contribution is -2.05. The Morgan fingerprint density at radius 1 is 1.17 bits per heavy atom. The van der Waals surface area contributed by atoms with Crippen molar-refractivity contribution in [3.8, 4) is 11.5 Å². The van der Waals surface area contributed by atoms with Crippen molar-refractivity contribution < 1.29 is 9.21 Å². The summed E-state index contributed by atoms with van der Waals surface area (Å²) < 4.78 is 6.64. The van der Waals surface area contributed by atoms with E-state index >= 15 is 0 Å². The molecule has 1 aromatic heterocycles. The van der Waals surface area contributed by atoms with Crippen molar-refractivity contribution in [3.05, 3.63) is 58.9 Å². The summed E-state index contributed by atoms with van der Waals surface area (Å²) in [6, 6.07) is 15.3. The molecule has 0 spiro atoms. The maximum absolute atomic E-state index is 11.0. The first-order valence-corrected chi connectivity index (χ1v) is 8.97. The monoisotopic (exact) mass is 403 g/mol. The van der Waals surface area contributed by atoms with Gasteiger partial charge in [-0.3, -0.25) is 4.79 Å². The van der Waals surface area contributed by atoms with Crippen LogP contribution in [0.15, 0.2) is 62.3 Å². The van der Waals surface area contributed by atoms with E-state index in [1.54, 1.807) is 11.8 Å². The first-order valence-electron chi connectivity index (χ1n) is 7.19. The van der Waals surface area contributed by atoms with E-state index in [-0.39, 0.29) is 5.91 Å². The summed E-state index contributed by atoms with van der Waals surface area (Å²) in [4.78, 5) is 12.1. The van der Waals surface area contributed by atoms with Crippen molar-refractivity contribution >= 4 is 39.3 Å². The number of benzene rings is 2. The van der Waals surface area contributed by atoms with Crippen LogP contribution < -0.4 is 5.32 Å². The molecule has 0 saturated carbocycles. The lowest BCUT2D eigenvalue weighted by atomic mass is 10.2. The number of carbonyl (C=O) groups excluding carboxylic acids is 1. The molecule has 5 nitrogen and oxygen atoms in total. The van der Waals surface area contributed by atoms with Crippen molar-refractivity contribution in [1.29, 1.82) is 0 Å². The molecule has 2 aromatic carbocycles. The summed E-state index contributed by atoms with van der Waals surface area (Å²) in [5, 5.41) is 10.9. The van der Waals surface area contributed by atoms with Crippen LogP contribution in [0.4, 0.5) is 5.69 Å². The van der Waals surface area contributed by atoms with Crippen LogP contribution in [0.2, 0.25) is 0 Å². The molecule has 24 heavy (non-hydrogen) atoms. The van der Waals surface area contributed by atoms with Crippen molar-refractivity contribution in [2.24, 2.45) is 0 Å². The fourth-order valence-corrected chi connectivity index (χ4v) is 3.23. The standard InChI is InChI=1S/C17H14BrN3O2S/c1-11(22)19-12-6-8-13(9-7-12)24-10-16-20-21-17(23-16)14-4-2-3-5-15(14)18/h2-9H,10H2,1H3,(H,19,22). The van der Waals surface area contributed by atoms with Crippen LogP contribution >= 0.6 is 27.7 Å². The number of nitrogens with zero attached hydrogens (tertiary/aromatic N) is 2. The Balaban J connectivity index is 1.63. The van der Waals surface area contributed by atoms with Crippen LogP contribution in [-0.2, 0) is 10.5 Å². The Bertz CT molecular complexity index is 849. The van der Waals surface area contributed by atoms with Gasteiger partial charge >= 0.3 is 0 Å². The van der Waals surface area contributed by atoms with Gasteiger partial charge in [0.1, 0.15) is 0 Å². The van der Waals surface area contributed by atoms with Gasteiger partial charge in [-0.15, -0.1) is 22.0 Å². The Morgan fingerprint density at radius 2 is 1.92 bits per heavy atom. The highest BCUT2D eigenvalue weighted by Crippen LogP contribution is 2.29. The number of anilines is 1. The molecule has 0 fully saturated rings. The predicted octanol–water partition coefficient (Wildman–Crippen LogP) is 4.75. The topological polar surface area (TPSA) is 68.0 Å². The second kappa shape index (κ2) is 7.63. The SMILES string of the molecule is CC(=O)Nc1ccc(SCc2nnc(-c3ccccc3Br)o2)cc1. The van der Waals surface area contributed by atoms with Gasteiger partial charge in [0, 0.05) is 22.0 Å². The molecule has 0 aliphatic carbocycles. The van der Waals surface area contributed by atoms with Crippen molar-refractivity contribution in [1.82, 2.24) is 10.2 Å². The molecule has 7 heteroatoms. The normalized spacial score (nSPS) is 10.6. The van der Waals surface area contributed by atoms with Crippen molar-refractivity contribution in [2.75, 3.05) is 5.32 Å². The fraction of sp³-hybridized carbons (Fsp3) is 0.118. The minimum absolute atomic E-state index is 0.0825. The zero-order valence-electron chi connectivity index (χ0n) is 12.8. The van der Waals surface area contributed by atoms with Gasteiger partial charge < -0.3 is 9.73 Å². The number of amides is 1. The molecule has 0 aliphatic heterocycles. The third-order valence-corrected chi connectivity index (χ3v) is 4.80. The van der Waals surface area contributed by atoms with Gasteiger partial charge in [-0.05, 0) is 52.3 Å². The molecule has 1 amide bonds. The van der Waals surface area contributed by atoms with Gasteiger partial charge in [0.2, 0.25) is 17.7 Å². The van der Waals surface area contributed by atoms with E-state index < -0.39 is 0 Å². The maximum Gasteiger partial charge on any atom is 0.248 e. The molecule has 0 saturated heterocycles. The number of thioether (sulfide) groups is 1. The van der Waals surface area contributed by atoms with Crippen LogP contribution in [-0.4, -0.2) is 16.1 Å². The number of aromatic nitrogens is 2. The smallest absolute Gasteiger partial charge is 0.248 e. The van der Waals surface area contributed by atoms with Crippen LogP contribution in [0.25, 0.3) is 11.5 Å². The van der Waals surface area contributed by atoms with Gasteiger partial charge in [0.25, 0.3) is 0 Å². The zero-order chi connectivity index (χ0) is 16.9. The van der Waals surface area contributed by atoms with Gasteiger partial charge in [0.15, 0.2) is 0 Å². The number of halogens is 1. The van der Waals surface area contributed by atoms with E-state index in [1.165, 1.54) is 6.92 Å². The molecule has 1 heterocycles. The molecule has 3 aromatic rings. The molecular weight excluding hydrogens is 390 g/mol. The van der Waals surface area contributed by atoms with E-state index in [2.05, 4.69) is 31.4 Å². The third-order valence-electron chi connectivity index (χ3n) is 3.11. The summed E-state index contributed by atoms with van der Waals surface area (Å²) in [6.07, 6.45) is 0. The summed E-state index contributed by atoms with van der Waals surface area (Å²) in [5.74, 6) is 1.56. The average Bonchev–Trinajstić information content (AvgIpc) is 3.03. The third kappa shape index (κ3) is 4.24. The molecular formula is C17H14BrN3O2S. The maximum atomic E-state index is 11.0. The zero-order valence-corrected chi connectivity index (χ0v) is 15.2. The van der Waals surface area contributed by atoms with Crippen LogP contribution in [0.1, 0.15) is 12.8 Å². The predicted molar refractivity (Wildman–Crippen MR) is 97.7 cm³/mol. The Morgan fingerprint density at radius 3 is 2.62 bits per heavy atom. The van der Waals surface area contributed by atoms with Crippen LogP contribution in [0.5, 0.6) is 0 Å². The van der Waals surface area contributed by atoms with Crippen LogP contribution in [0.3, 0.4) is 0 Å². The van der Waals surface area contributed by atoms with Crippen molar-refractivity contribution in [3.63, 3.8) is 0 Å². The molecule has 0 bridgehead atoms. The highest BCUT2D eigenvalue weighted by Gasteiger charge is 2.11. The number of carbonyl (C=O) groups is 1. The lowest BCUT2D eigenvalue weighted by molar-refractivity contribution is -0.114. The second-order valence-corrected chi connectivity index (χ2v) is 6.88. The number of hydrogen-bond donors (Lipinski definition) is 1. The van der Waals surface area contributed by atoms with Gasteiger partial charge in [-0.2, -0.15) is 0 Å². The number of hydrogen-bond acceptors (Lipinski definition) is 5. The first kappa shape index (κ1) is 16.7. The molecule has 0 unspecified atom stereocenters. The summed E-state index contributed by atoms with van der Waals surface area (Å²) in [5.41, 5.74) is 1.65. The van der Waals surface area contributed by atoms with Gasteiger partial charge in [-0.1, -0.05) is 12.1 Å². The first-order chi connectivity index (χ1) is 11.6. The molecule has 1 N–H and O–H groups in total. The average molecular weight is 404 g/mol. The Labute approximate surface area is 152 Å². The van der Waals surface area contributed by atoms with E-state index in [9.17, 15) is 4.79 Å². The van der Waals surface area contributed by atoms with E-state index in [1.807, 2.05) is 48.5 Å². The second-order valence-electron chi connectivity index (χ2n) is 4.98. The van der Waals surface area contributed by atoms with Gasteiger partial charge in [0.05, 0.1) is 11.3 Å². The molecule has 0 radical (unpaired) electrons. The quantitative estimate of drug-likeness (QED) is 0.622. The van der Waals surface area contributed by atoms with E-state index in [0.29, 0.717) is 17.5 Å².